The standard InChI is InChI=1S/C14H16N2O2/c1-14(15,13(17)18-2)9-11-8-7-10-5-3-4-6-12(10)16-11/h3-8H,9,15H2,1-2H3/t14-/m1/s1. The SMILES string of the molecule is COC(=O)[C@](C)(N)Cc1ccc2ccccc2n1. The lowest BCUT2D eigenvalue weighted by Gasteiger charge is -2.20. The zero-order valence-corrected chi connectivity index (χ0v) is 10.5. The van der Waals surface area contributed by atoms with Crippen LogP contribution in [-0.2, 0) is 16.0 Å². The van der Waals surface area contributed by atoms with Crippen LogP contribution in [0.1, 0.15) is 12.6 Å². The van der Waals surface area contributed by atoms with Crippen molar-refractivity contribution in [2.24, 2.45) is 5.73 Å². The molecule has 0 unspecified atom stereocenters. The summed E-state index contributed by atoms with van der Waals surface area (Å²) in [5.41, 5.74) is 6.56. The molecule has 0 aliphatic carbocycles. The van der Waals surface area contributed by atoms with Crippen molar-refractivity contribution in [3.05, 3.63) is 42.1 Å². The number of pyridine rings is 1. The lowest BCUT2D eigenvalue weighted by Crippen LogP contribution is -2.47. The smallest absolute Gasteiger partial charge is 0.325 e. The first kappa shape index (κ1) is 12.5. The summed E-state index contributed by atoms with van der Waals surface area (Å²) < 4.78 is 4.68. The number of carbonyl (C=O) groups is 1. The van der Waals surface area contributed by atoms with E-state index in [0.29, 0.717) is 6.42 Å². The average molecular weight is 244 g/mol. The van der Waals surface area contributed by atoms with E-state index in [9.17, 15) is 4.79 Å². The Balaban J connectivity index is 2.29. The predicted octanol–water partition coefficient (Wildman–Crippen LogP) is 1.67. The Morgan fingerprint density at radius 2 is 2.06 bits per heavy atom. The van der Waals surface area contributed by atoms with E-state index in [1.165, 1.54) is 7.11 Å². The fourth-order valence-electron chi connectivity index (χ4n) is 1.89. The van der Waals surface area contributed by atoms with Gasteiger partial charge in [-0.05, 0) is 19.1 Å². The van der Waals surface area contributed by atoms with Crippen LogP contribution in [0.5, 0.6) is 0 Å². The number of rotatable bonds is 3. The highest BCUT2D eigenvalue weighted by Gasteiger charge is 2.30. The molecule has 1 heterocycles. The van der Waals surface area contributed by atoms with E-state index in [-0.39, 0.29) is 0 Å². The van der Waals surface area contributed by atoms with Crippen molar-refractivity contribution in [3.8, 4) is 0 Å². The maximum absolute atomic E-state index is 11.5. The molecular weight excluding hydrogens is 228 g/mol. The molecule has 1 atom stereocenters. The van der Waals surface area contributed by atoms with E-state index in [1.54, 1.807) is 6.92 Å². The third-order valence-corrected chi connectivity index (χ3v) is 2.86. The fraction of sp³-hybridized carbons (Fsp3) is 0.286. The Kier molecular flexibility index (Phi) is 3.30. The zero-order valence-electron chi connectivity index (χ0n) is 10.5. The van der Waals surface area contributed by atoms with E-state index in [4.69, 9.17) is 5.73 Å². The fourth-order valence-corrected chi connectivity index (χ4v) is 1.89. The lowest BCUT2D eigenvalue weighted by molar-refractivity contribution is -0.146. The molecule has 4 heteroatoms. The quantitative estimate of drug-likeness (QED) is 0.834. The molecule has 0 spiro atoms. The highest BCUT2D eigenvalue weighted by Crippen LogP contribution is 2.15. The summed E-state index contributed by atoms with van der Waals surface area (Å²) in [7, 11) is 1.33. The van der Waals surface area contributed by atoms with Crippen LogP contribution >= 0.6 is 0 Å². The largest absolute Gasteiger partial charge is 0.468 e. The van der Waals surface area contributed by atoms with Gasteiger partial charge in [0.25, 0.3) is 0 Å². The van der Waals surface area contributed by atoms with E-state index in [1.807, 2.05) is 36.4 Å². The van der Waals surface area contributed by atoms with Gasteiger partial charge in [0.2, 0.25) is 0 Å². The number of esters is 1. The second-order valence-corrected chi connectivity index (χ2v) is 4.58. The Morgan fingerprint density at radius 1 is 1.33 bits per heavy atom. The van der Waals surface area contributed by atoms with Crippen LogP contribution < -0.4 is 5.73 Å². The van der Waals surface area contributed by atoms with Gasteiger partial charge in [0.15, 0.2) is 0 Å². The number of para-hydroxylation sites is 1. The Morgan fingerprint density at radius 3 is 2.78 bits per heavy atom. The van der Waals surface area contributed by atoms with Gasteiger partial charge in [0.1, 0.15) is 5.54 Å². The number of hydrogen-bond donors (Lipinski definition) is 1. The summed E-state index contributed by atoms with van der Waals surface area (Å²) in [6.07, 6.45) is 0.352. The number of fused-ring (bicyclic) bond motifs is 1. The minimum absolute atomic E-state index is 0.352. The molecule has 4 nitrogen and oxygen atoms in total. The average Bonchev–Trinajstić information content (AvgIpc) is 2.37. The highest BCUT2D eigenvalue weighted by molar-refractivity contribution is 5.81. The van der Waals surface area contributed by atoms with E-state index in [2.05, 4.69) is 9.72 Å². The topological polar surface area (TPSA) is 65.2 Å². The van der Waals surface area contributed by atoms with Crippen LogP contribution in [0, 0.1) is 0 Å². The molecule has 2 N–H and O–H groups in total. The summed E-state index contributed by atoms with van der Waals surface area (Å²) in [6, 6.07) is 11.7. The lowest BCUT2D eigenvalue weighted by atomic mass is 9.96. The number of hydrogen-bond acceptors (Lipinski definition) is 4. The second kappa shape index (κ2) is 4.74. The molecule has 0 aliphatic heterocycles. The maximum atomic E-state index is 11.5. The van der Waals surface area contributed by atoms with Gasteiger partial charge in [-0.1, -0.05) is 24.3 Å². The second-order valence-electron chi connectivity index (χ2n) is 4.58. The molecule has 2 aromatic rings. The number of methoxy groups -OCH3 is 1. The molecular formula is C14H16N2O2. The van der Waals surface area contributed by atoms with Crippen LogP contribution in [0.4, 0.5) is 0 Å². The zero-order chi connectivity index (χ0) is 13.2. The summed E-state index contributed by atoms with van der Waals surface area (Å²) in [4.78, 5) is 16.0. The molecule has 0 amide bonds. The highest BCUT2D eigenvalue weighted by atomic mass is 16.5. The third kappa shape index (κ3) is 2.49. The third-order valence-electron chi connectivity index (χ3n) is 2.86. The predicted molar refractivity (Wildman–Crippen MR) is 70.1 cm³/mol. The van der Waals surface area contributed by atoms with Gasteiger partial charge < -0.3 is 10.5 Å². The summed E-state index contributed by atoms with van der Waals surface area (Å²) >= 11 is 0. The number of aromatic nitrogens is 1. The van der Waals surface area contributed by atoms with Crippen molar-refractivity contribution in [1.82, 2.24) is 4.98 Å². The molecule has 0 fully saturated rings. The number of benzene rings is 1. The van der Waals surface area contributed by atoms with Gasteiger partial charge in [-0.2, -0.15) is 0 Å². The molecule has 94 valence electrons. The first-order valence-electron chi connectivity index (χ1n) is 5.75. The Labute approximate surface area is 106 Å². The van der Waals surface area contributed by atoms with Crippen molar-refractivity contribution in [1.29, 1.82) is 0 Å². The summed E-state index contributed by atoms with van der Waals surface area (Å²) in [6.45, 7) is 1.65. The van der Waals surface area contributed by atoms with Crippen molar-refractivity contribution >= 4 is 16.9 Å². The molecule has 0 bridgehead atoms. The molecule has 0 saturated carbocycles. The van der Waals surface area contributed by atoms with Gasteiger partial charge in [-0.25, -0.2) is 0 Å². The van der Waals surface area contributed by atoms with E-state index >= 15 is 0 Å². The summed E-state index contributed by atoms with van der Waals surface area (Å²) in [5, 5.41) is 1.07. The minimum atomic E-state index is -1.05. The molecule has 2 rings (SSSR count). The van der Waals surface area contributed by atoms with Crippen LogP contribution in [-0.4, -0.2) is 23.6 Å². The van der Waals surface area contributed by atoms with Gasteiger partial charge in [-0.3, -0.25) is 9.78 Å². The van der Waals surface area contributed by atoms with Crippen molar-refractivity contribution < 1.29 is 9.53 Å². The van der Waals surface area contributed by atoms with Crippen molar-refractivity contribution in [3.63, 3.8) is 0 Å². The van der Waals surface area contributed by atoms with Crippen LogP contribution in [0.2, 0.25) is 0 Å². The van der Waals surface area contributed by atoms with E-state index < -0.39 is 11.5 Å². The van der Waals surface area contributed by atoms with E-state index in [0.717, 1.165) is 16.6 Å². The van der Waals surface area contributed by atoms with Crippen molar-refractivity contribution in [2.45, 2.75) is 18.9 Å². The Hall–Kier alpha value is -1.94. The van der Waals surface area contributed by atoms with Crippen molar-refractivity contribution in [2.75, 3.05) is 7.11 Å². The molecule has 0 saturated heterocycles. The van der Waals surface area contributed by atoms with Gasteiger partial charge in [0.05, 0.1) is 12.6 Å². The molecule has 1 aromatic carbocycles. The van der Waals surface area contributed by atoms with Crippen LogP contribution in [0.15, 0.2) is 36.4 Å². The summed E-state index contributed by atoms with van der Waals surface area (Å²) in [5.74, 6) is -0.433. The van der Waals surface area contributed by atoms with Gasteiger partial charge in [0, 0.05) is 17.5 Å². The normalized spacial score (nSPS) is 14.2. The molecule has 1 aromatic heterocycles. The van der Waals surface area contributed by atoms with Crippen LogP contribution in [0.25, 0.3) is 10.9 Å². The Bertz CT molecular complexity index is 579. The molecule has 0 radical (unpaired) electrons. The first-order valence-corrected chi connectivity index (χ1v) is 5.75. The minimum Gasteiger partial charge on any atom is -0.468 e. The first-order chi connectivity index (χ1) is 8.53. The molecule has 0 aliphatic rings. The maximum Gasteiger partial charge on any atom is 0.325 e. The number of nitrogens with zero attached hydrogens (tertiary/aromatic N) is 1. The number of ether oxygens (including phenoxy) is 1. The monoisotopic (exact) mass is 244 g/mol. The van der Waals surface area contributed by atoms with Gasteiger partial charge >= 0.3 is 5.97 Å². The van der Waals surface area contributed by atoms with Gasteiger partial charge in [-0.15, -0.1) is 0 Å². The van der Waals surface area contributed by atoms with Crippen LogP contribution in [0.3, 0.4) is 0 Å². The number of carbonyl (C=O) groups excluding carboxylic acids is 1. The number of nitrogens with two attached hydrogens (primary N) is 1. The molecule has 18 heavy (non-hydrogen) atoms.